The number of aryl methyl sites for hydroxylation is 1. The molecule has 0 amide bonds. The minimum atomic E-state index is -0.300. The van der Waals surface area contributed by atoms with E-state index in [2.05, 4.69) is 9.97 Å². The van der Waals surface area contributed by atoms with Crippen LogP contribution in [0.25, 0.3) is 0 Å². The Morgan fingerprint density at radius 2 is 2.04 bits per heavy atom. The van der Waals surface area contributed by atoms with Crippen molar-refractivity contribution in [1.82, 2.24) is 9.97 Å². The zero-order valence-corrected chi connectivity index (χ0v) is 14.1. The number of aromatic nitrogens is 2. The molecule has 0 unspecified atom stereocenters. The summed E-state index contributed by atoms with van der Waals surface area (Å²) in [5, 5.41) is 0.442. The number of carbonyl (C=O) groups excluding carboxylic acids is 1. The Kier molecular flexibility index (Phi) is 6.40. The van der Waals surface area contributed by atoms with Crippen LogP contribution in [0.1, 0.15) is 30.2 Å². The van der Waals surface area contributed by atoms with E-state index < -0.39 is 0 Å². The highest BCUT2D eigenvalue weighted by Crippen LogP contribution is 2.14. The number of benzene rings is 1. The van der Waals surface area contributed by atoms with Crippen LogP contribution in [0.5, 0.6) is 0 Å². The van der Waals surface area contributed by atoms with Crippen LogP contribution in [0, 0.1) is 6.92 Å². The van der Waals surface area contributed by atoms with Gasteiger partial charge in [0.1, 0.15) is 0 Å². The summed E-state index contributed by atoms with van der Waals surface area (Å²) >= 11 is 1.18. The van der Waals surface area contributed by atoms with Crippen LogP contribution in [0.4, 0.5) is 0 Å². The first-order chi connectivity index (χ1) is 11.1. The van der Waals surface area contributed by atoms with Gasteiger partial charge in [-0.25, -0.2) is 4.98 Å². The second kappa shape index (κ2) is 8.53. The van der Waals surface area contributed by atoms with Crippen molar-refractivity contribution in [3.8, 4) is 0 Å². The van der Waals surface area contributed by atoms with Gasteiger partial charge in [0.2, 0.25) is 0 Å². The molecule has 5 nitrogen and oxygen atoms in total. The number of H-pyrrole nitrogens is 1. The number of esters is 1. The van der Waals surface area contributed by atoms with Gasteiger partial charge >= 0.3 is 5.97 Å². The topological polar surface area (TPSA) is 72.0 Å². The average Bonchev–Trinajstić information content (AvgIpc) is 2.55. The number of ether oxygens (including phenoxy) is 1. The lowest BCUT2D eigenvalue weighted by Crippen LogP contribution is -2.18. The number of hydrogen-bond donors (Lipinski definition) is 1. The quantitative estimate of drug-likeness (QED) is 0.479. The highest BCUT2D eigenvalue weighted by Gasteiger charge is 2.11. The summed E-state index contributed by atoms with van der Waals surface area (Å²) in [5.74, 6) is -0.161. The molecule has 1 aromatic carbocycles. The van der Waals surface area contributed by atoms with E-state index in [4.69, 9.17) is 4.74 Å². The Balaban J connectivity index is 2.05. The lowest BCUT2D eigenvalue weighted by atomic mass is 10.1. The summed E-state index contributed by atoms with van der Waals surface area (Å²) in [5.41, 5.74) is 2.23. The van der Waals surface area contributed by atoms with Crippen LogP contribution in [0.15, 0.2) is 40.3 Å². The van der Waals surface area contributed by atoms with Gasteiger partial charge in [0.05, 0.1) is 12.4 Å². The van der Waals surface area contributed by atoms with Crippen molar-refractivity contribution < 1.29 is 9.53 Å². The van der Waals surface area contributed by atoms with Gasteiger partial charge in [0, 0.05) is 17.7 Å². The van der Waals surface area contributed by atoms with Gasteiger partial charge in [0.25, 0.3) is 5.56 Å². The molecule has 1 N–H and O–H groups in total. The van der Waals surface area contributed by atoms with Crippen LogP contribution < -0.4 is 5.56 Å². The Morgan fingerprint density at radius 3 is 2.70 bits per heavy atom. The summed E-state index contributed by atoms with van der Waals surface area (Å²) in [6.45, 7) is 4.17. The minimum Gasteiger partial charge on any atom is -0.465 e. The third-order valence-corrected chi connectivity index (χ3v) is 4.07. The first-order valence-electron chi connectivity index (χ1n) is 7.52. The van der Waals surface area contributed by atoms with E-state index in [0.29, 0.717) is 29.4 Å². The van der Waals surface area contributed by atoms with Crippen molar-refractivity contribution in [2.75, 3.05) is 12.4 Å². The molecule has 0 radical (unpaired) electrons. The fraction of sp³-hybridized carbons (Fsp3) is 0.353. The molecule has 0 atom stereocenters. The third kappa shape index (κ3) is 5.25. The molecule has 0 spiro atoms. The number of nitrogens with one attached hydrogen (secondary N) is 1. The van der Waals surface area contributed by atoms with Crippen molar-refractivity contribution in [2.45, 2.75) is 31.8 Å². The Morgan fingerprint density at radius 1 is 1.30 bits per heavy atom. The summed E-state index contributed by atoms with van der Waals surface area (Å²) in [6.07, 6.45) is 1.33. The number of thioether (sulfide) groups is 1. The molecule has 23 heavy (non-hydrogen) atoms. The van der Waals surface area contributed by atoms with E-state index >= 15 is 0 Å². The molecule has 2 rings (SSSR count). The highest BCUT2D eigenvalue weighted by molar-refractivity contribution is 7.99. The zero-order valence-electron chi connectivity index (χ0n) is 13.3. The van der Waals surface area contributed by atoms with Gasteiger partial charge in [0.15, 0.2) is 5.16 Å². The molecular weight excluding hydrogens is 312 g/mol. The van der Waals surface area contributed by atoms with Gasteiger partial charge in [-0.05, 0) is 18.9 Å². The normalized spacial score (nSPS) is 10.5. The second-order valence-corrected chi connectivity index (χ2v) is 6.07. The van der Waals surface area contributed by atoms with E-state index in [-0.39, 0.29) is 17.3 Å². The minimum absolute atomic E-state index is 0.139. The van der Waals surface area contributed by atoms with Gasteiger partial charge in [-0.1, -0.05) is 49.0 Å². The Bertz CT molecular complexity index is 714. The van der Waals surface area contributed by atoms with Crippen molar-refractivity contribution in [2.24, 2.45) is 0 Å². The van der Waals surface area contributed by atoms with E-state index in [0.717, 1.165) is 12.0 Å². The number of carbonyl (C=O) groups is 1. The summed E-state index contributed by atoms with van der Waals surface area (Å²) < 4.78 is 5.00. The molecule has 0 aliphatic heterocycles. The maximum Gasteiger partial charge on any atom is 0.316 e. The van der Waals surface area contributed by atoms with Gasteiger partial charge in [-0.2, -0.15) is 0 Å². The van der Waals surface area contributed by atoms with Crippen molar-refractivity contribution in [3.63, 3.8) is 0 Å². The molecule has 1 heterocycles. The molecule has 0 saturated carbocycles. The van der Waals surface area contributed by atoms with E-state index in [9.17, 15) is 9.59 Å². The van der Waals surface area contributed by atoms with Gasteiger partial charge in [-0.15, -0.1) is 0 Å². The van der Waals surface area contributed by atoms with Crippen LogP contribution in [0.3, 0.4) is 0 Å². The maximum atomic E-state index is 12.3. The van der Waals surface area contributed by atoms with Gasteiger partial charge in [-0.3, -0.25) is 9.59 Å². The largest absolute Gasteiger partial charge is 0.465 e. The molecule has 1 aromatic heterocycles. The first kappa shape index (κ1) is 17.3. The summed E-state index contributed by atoms with van der Waals surface area (Å²) in [4.78, 5) is 30.9. The fourth-order valence-electron chi connectivity index (χ4n) is 2.05. The van der Waals surface area contributed by atoms with Crippen LogP contribution in [-0.2, 0) is 16.0 Å². The van der Waals surface area contributed by atoms with E-state index in [1.54, 1.807) is 0 Å². The SMILES string of the molecule is CCCOC(=O)CSc1nc(C)c(Cc2ccccc2)c(=O)[nH]1. The molecule has 0 aliphatic carbocycles. The number of hydrogen-bond acceptors (Lipinski definition) is 5. The molecule has 122 valence electrons. The van der Waals surface area contributed by atoms with Crippen molar-refractivity contribution >= 4 is 17.7 Å². The van der Waals surface area contributed by atoms with Crippen LogP contribution in [0.2, 0.25) is 0 Å². The predicted octanol–water partition coefficient (Wildman–Crippen LogP) is 2.71. The summed E-state index contributed by atoms with van der Waals surface area (Å²) in [7, 11) is 0. The van der Waals surface area contributed by atoms with Crippen LogP contribution >= 0.6 is 11.8 Å². The fourth-order valence-corrected chi connectivity index (χ4v) is 2.75. The molecule has 6 heteroatoms. The molecule has 0 bridgehead atoms. The maximum absolute atomic E-state index is 12.3. The molecule has 0 saturated heterocycles. The van der Waals surface area contributed by atoms with Crippen molar-refractivity contribution in [1.29, 1.82) is 0 Å². The Labute approximate surface area is 139 Å². The monoisotopic (exact) mass is 332 g/mol. The molecular formula is C17H20N2O3S. The van der Waals surface area contributed by atoms with E-state index in [1.807, 2.05) is 44.2 Å². The first-order valence-corrected chi connectivity index (χ1v) is 8.51. The smallest absolute Gasteiger partial charge is 0.316 e. The number of nitrogens with zero attached hydrogens (tertiary/aromatic N) is 1. The molecule has 0 fully saturated rings. The number of rotatable bonds is 7. The average molecular weight is 332 g/mol. The predicted molar refractivity (Wildman–Crippen MR) is 90.8 cm³/mol. The van der Waals surface area contributed by atoms with E-state index in [1.165, 1.54) is 11.8 Å². The second-order valence-electron chi connectivity index (χ2n) is 5.11. The third-order valence-electron chi connectivity index (χ3n) is 3.22. The molecule has 0 aliphatic rings. The summed E-state index contributed by atoms with van der Waals surface area (Å²) in [6, 6.07) is 9.78. The highest BCUT2D eigenvalue weighted by atomic mass is 32.2. The number of aromatic amines is 1. The van der Waals surface area contributed by atoms with Gasteiger partial charge < -0.3 is 9.72 Å². The Hall–Kier alpha value is -2.08. The standard InChI is InChI=1S/C17H20N2O3S/c1-3-9-22-15(20)11-23-17-18-12(2)14(16(21)19-17)10-13-7-5-4-6-8-13/h4-8H,3,9-11H2,1-2H3,(H,18,19,21). The van der Waals surface area contributed by atoms with Crippen molar-refractivity contribution in [3.05, 3.63) is 57.5 Å². The molecule has 2 aromatic rings. The van der Waals surface area contributed by atoms with Crippen LogP contribution in [-0.4, -0.2) is 28.3 Å². The lowest BCUT2D eigenvalue weighted by Gasteiger charge is -2.07. The zero-order chi connectivity index (χ0) is 16.7. The lowest BCUT2D eigenvalue weighted by molar-refractivity contribution is -0.140.